The quantitative estimate of drug-likeness (QED) is 0.737. The number of nitrogens with one attached hydrogen (secondary N) is 2. The normalized spacial score (nSPS) is 15.7. The Hall–Kier alpha value is -1.53. The minimum Gasteiger partial charge on any atom is -0.384 e. The zero-order valence-corrected chi connectivity index (χ0v) is 18.3. The summed E-state index contributed by atoms with van der Waals surface area (Å²) in [6, 6.07) is 9.60. The Labute approximate surface area is 178 Å². The molecule has 0 unspecified atom stereocenters. The third-order valence-electron chi connectivity index (χ3n) is 5.50. The molecule has 1 saturated heterocycles. The fourth-order valence-electron chi connectivity index (χ4n) is 3.98. The summed E-state index contributed by atoms with van der Waals surface area (Å²) >= 11 is 6.00. The van der Waals surface area contributed by atoms with Gasteiger partial charge in [-0.15, -0.1) is 12.4 Å². The molecular formula is C21H29Cl2N3O2. The van der Waals surface area contributed by atoms with Crippen molar-refractivity contribution in [3.05, 3.63) is 52.3 Å². The Morgan fingerprint density at radius 2 is 1.89 bits per heavy atom. The number of halogens is 2. The van der Waals surface area contributed by atoms with Crippen molar-refractivity contribution in [1.82, 2.24) is 15.2 Å². The van der Waals surface area contributed by atoms with Crippen molar-refractivity contribution in [1.29, 1.82) is 0 Å². The van der Waals surface area contributed by atoms with E-state index in [0.717, 1.165) is 43.0 Å². The van der Waals surface area contributed by atoms with Crippen LogP contribution in [0.5, 0.6) is 0 Å². The molecule has 1 aromatic heterocycles. The van der Waals surface area contributed by atoms with Gasteiger partial charge in [-0.1, -0.05) is 11.6 Å². The van der Waals surface area contributed by atoms with Gasteiger partial charge in [-0.2, -0.15) is 0 Å². The molecule has 154 valence electrons. The van der Waals surface area contributed by atoms with Crippen LogP contribution in [0.1, 0.15) is 34.6 Å². The molecule has 0 bridgehead atoms. The van der Waals surface area contributed by atoms with Gasteiger partial charge in [-0.3, -0.25) is 4.79 Å². The predicted octanol–water partition coefficient (Wildman–Crippen LogP) is 3.92. The van der Waals surface area contributed by atoms with E-state index in [1.54, 1.807) is 7.11 Å². The SMILES string of the molecule is COCC1(CNC(=O)c2cc(C)n(-c3ccc(Cl)cc3)c2C)CCNCC1.Cl. The van der Waals surface area contributed by atoms with Crippen molar-refractivity contribution in [2.45, 2.75) is 26.7 Å². The summed E-state index contributed by atoms with van der Waals surface area (Å²) in [7, 11) is 1.73. The standard InChI is InChI=1S/C21H28ClN3O2.ClH/c1-15-12-19(16(2)25(15)18-6-4-17(22)5-7-18)20(26)24-13-21(14-27-3)8-10-23-11-9-21;/h4-7,12,23H,8-11,13-14H2,1-3H3,(H,24,26);1H. The summed E-state index contributed by atoms with van der Waals surface area (Å²) in [4.78, 5) is 12.9. The van der Waals surface area contributed by atoms with Crippen molar-refractivity contribution < 1.29 is 9.53 Å². The van der Waals surface area contributed by atoms with E-state index in [-0.39, 0.29) is 23.7 Å². The molecule has 2 heterocycles. The molecule has 1 amide bonds. The van der Waals surface area contributed by atoms with E-state index >= 15 is 0 Å². The van der Waals surface area contributed by atoms with Crippen LogP contribution in [0.4, 0.5) is 0 Å². The van der Waals surface area contributed by atoms with Crippen LogP contribution in [0.3, 0.4) is 0 Å². The molecule has 1 fully saturated rings. The number of nitrogens with zero attached hydrogens (tertiary/aromatic N) is 1. The second-order valence-electron chi connectivity index (χ2n) is 7.46. The summed E-state index contributed by atoms with van der Waals surface area (Å²) in [6.07, 6.45) is 2.01. The Bertz CT molecular complexity index is 791. The van der Waals surface area contributed by atoms with Gasteiger partial charge in [-0.25, -0.2) is 0 Å². The topological polar surface area (TPSA) is 55.3 Å². The minimum absolute atomic E-state index is 0. The molecule has 3 rings (SSSR count). The van der Waals surface area contributed by atoms with Crippen LogP contribution in [-0.2, 0) is 4.74 Å². The van der Waals surface area contributed by atoms with Gasteiger partial charge in [0.25, 0.3) is 5.91 Å². The number of carbonyl (C=O) groups excluding carboxylic acids is 1. The molecule has 2 N–H and O–H groups in total. The fourth-order valence-corrected chi connectivity index (χ4v) is 4.10. The van der Waals surface area contributed by atoms with Crippen molar-refractivity contribution in [2.75, 3.05) is 33.4 Å². The van der Waals surface area contributed by atoms with Crippen LogP contribution in [0.15, 0.2) is 30.3 Å². The third kappa shape index (κ3) is 4.90. The lowest BCUT2D eigenvalue weighted by Gasteiger charge is -2.37. The highest BCUT2D eigenvalue weighted by Crippen LogP contribution is 2.29. The zero-order chi connectivity index (χ0) is 19.4. The highest BCUT2D eigenvalue weighted by atomic mass is 35.5. The molecule has 7 heteroatoms. The number of rotatable bonds is 6. The number of amides is 1. The highest BCUT2D eigenvalue weighted by molar-refractivity contribution is 6.30. The number of methoxy groups -OCH3 is 1. The number of benzene rings is 1. The molecular weight excluding hydrogens is 397 g/mol. The second kappa shape index (κ2) is 9.79. The zero-order valence-electron chi connectivity index (χ0n) is 16.7. The number of carbonyl (C=O) groups is 1. The molecule has 0 atom stereocenters. The molecule has 2 aromatic rings. The van der Waals surface area contributed by atoms with E-state index in [0.29, 0.717) is 23.7 Å². The van der Waals surface area contributed by atoms with E-state index < -0.39 is 0 Å². The first kappa shape index (κ1) is 22.8. The van der Waals surface area contributed by atoms with Gasteiger partial charge >= 0.3 is 0 Å². The average molecular weight is 426 g/mol. The Kier molecular flexibility index (Phi) is 7.96. The van der Waals surface area contributed by atoms with E-state index in [4.69, 9.17) is 16.3 Å². The fraction of sp³-hybridized carbons (Fsp3) is 0.476. The maximum absolute atomic E-state index is 12.9. The number of hydrogen-bond donors (Lipinski definition) is 2. The molecule has 0 radical (unpaired) electrons. The molecule has 1 aliphatic rings. The molecule has 0 spiro atoms. The number of ether oxygens (including phenoxy) is 1. The van der Waals surface area contributed by atoms with Gasteiger partial charge in [0.15, 0.2) is 0 Å². The molecule has 1 aliphatic heterocycles. The number of aryl methyl sites for hydroxylation is 1. The number of hydrogen-bond acceptors (Lipinski definition) is 3. The lowest BCUT2D eigenvalue weighted by molar-refractivity contribution is 0.0511. The Balaban J connectivity index is 0.00000280. The van der Waals surface area contributed by atoms with Crippen LogP contribution in [-0.4, -0.2) is 43.8 Å². The van der Waals surface area contributed by atoms with Gasteiger partial charge in [0.05, 0.1) is 12.2 Å². The maximum Gasteiger partial charge on any atom is 0.253 e. The van der Waals surface area contributed by atoms with Gasteiger partial charge in [0.2, 0.25) is 0 Å². The molecule has 0 saturated carbocycles. The highest BCUT2D eigenvalue weighted by Gasteiger charge is 2.33. The monoisotopic (exact) mass is 425 g/mol. The van der Waals surface area contributed by atoms with Gasteiger partial charge in [0, 0.05) is 41.2 Å². The van der Waals surface area contributed by atoms with Gasteiger partial charge in [0.1, 0.15) is 0 Å². The number of aromatic nitrogens is 1. The summed E-state index contributed by atoms with van der Waals surface area (Å²) in [5, 5.41) is 7.23. The van der Waals surface area contributed by atoms with E-state index in [1.165, 1.54) is 0 Å². The van der Waals surface area contributed by atoms with Crippen molar-refractivity contribution >= 4 is 29.9 Å². The van der Waals surface area contributed by atoms with Crippen LogP contribution >= 0.6 is 24.0 Å². The summed E-state index contributed by atoms with van der Waals surface area (Å²) in [5.41, 5.74) is 3.68. The van der Waals surface area contributed by atoms with Crippen molar-refractivity contribution in [2.24, 2.45) is 5.41 Å². The lowest BCUT2D eigenvalue weighted by atomic mass is 9.79. The van der Waals surface area contributed by atoms with Crippen molar-refractivity contribution in [3.63, 3.8) is 0 Å². The molecule has 1 aromatic carbocycles. The lowest BCUT2D eigenvalue weighted by Crippen LogP contribution is -2.47. The molecule has 28 heavy (non-hydrogen) atoms. The Morgan fingerprint density at radius 1 is 1.25 bits per heavy atom. The predicted molar refractivity (Wildman–Crippen MR) is 116 cm³/mol. The summed E-state index contributed by atoms with van der Waals surface area (Å²) in [5.74, 6) is -0.0303. The van der Waals surface area contributed by atoms with Gasteiger partial charge < -0.3 is 19.9 Å². The first-order chi connectivity index (χ1) is 13.0. The first-order valence-electron chi connectivity index (χ1n) is 9.38. The van der Waals surface area contributed by atoms with E-state index in [2.05, 4.69) is 15.2 Å². The Morgan fingerprint density at radius 3 is 2.50 bits per heavy atom. The van der Waals surface area contributed by atoms with Crippen LogP contribution < -0.4 is 10.6 Å². The van der Waals surface area contributed by atoms with Crippen molar-refractivity contribution in [3.8, 4) is 5.69 Å². The van der Waals surface area contributed by atoms with Gasteiger partial charge in [-0.05, 0) is 70.1 Å². The number of piperidine rings is 1. The van der Waals surface area contributed by atoms with Crippen LogP contribution in [0.2, 0.25) is 5.02 Å². The largest absolute Gasteiger partial charge is 0.384 e. The smallest absolute Gasteiger partial charge is 0.253 e. The van der Waals surface area contributed by atoms with E-state index in [9.17, 15) is 4.79 Å². The molecule has 0 aliphatic carbocycles. The second-order valence-corrected chi connectivity index (χ2v) is 7.90. The van der Waals surface area contributed by atoms with Crippen LogP contribution in [0.25, 0.3) is 5.69 Å². The first-order valence-corrected chi connectivity index (χ1v) is 9.76. The molecule has 5 nitrogen and oxygen atoms in total. The third-order valence-corrected chi connectivity index (χ3v) is 5.75. The van der Waals surface area contributed by atoms with Crippen LogP contribution in [0, 0.1) is 19.3 Å². The average Bonchev–Trinajstić information content (AvgIpc) is 2.96. The maximum atomic E-state index is 12.9. The summed E-state index contributed by atoms with van der Waals surface area (Å²) in [6.45, 7) is 7.21. The minimum atomic E-state index is -0.0303. The van der Waals surface area contributed by atoms with E-state index in [1.807, 2.05) is 44.2 Å². The summed E-state index contributed by atoms with van der Waals surface area (Å²) < 4.78 is 7.53.